The monoisotopic (exact) mass is 423 g/mol. The topological polar surface area (TPSA) is 61.4 Å². The summed E-state index contributed by atoms with van der Waals surface area (Å²) in [7, 11) is 0. The number of carbonyl (C=O) groups excluding carboxylic acids is 2. The lowest BCUT2D eigenvalue weighted by Crippen LogP contribution is -2.42. The van der Waals surface area contributed by atoms with Crippen LogP contribution in [-0.4, -0.2) is 36.5 Å². The minimum absolute atomic E-state index is 0.0366. The van der Waals surface area contributed by atoms with Gasteiger partial charge in [-0.25, -0.2) is 9.18 Å². The van der Waals surface area contributed by atoms with Crippen molar-refractivity contribution in [1.82, 2.24) is 10.2 Å². The lowest BCUT2D eigenvalue weighted by atomic mass is 9.96. The summed E-state index contributed by atoms with van der Waals surface area (Å²) in [4.78, 5) is 26.0. The molecule has 2 N–H and O–H groups in total. The SMILES string of the molecule is O=C(NCC1CCN(C(=O)c2ccccc2F)CC1)Nc1cccc(C(F)(F)F)c1. The van der Waals surface area contributed by atoms with Crippen LogP contribution in [0, 0.1) is 11.7 Å². The fraction of sp³-hybridized carbons (Fsp3) is 0.333. The van der Waals surface area contributed by atoms with Gasteiger partial charge in [0.1, 0.15) is 5.82 Å². The summed E-state index contributed by atoms with van der Waals surface area (Å²) in [5.74, 6) is -0.804. The number of benzene rings is 2. The summed E-state index contributed by atoms with van der Waals surface area (Å²) in [6.45, 7) is 1.20. The van der Waals surface area contributed by atoms with Crippen LogP contribution in [0.3, 0.4) is 0 Å². The smallest absolute Gasteiger partial charge is 0.339 e. The van der Waals surface area contributed by atoms with Gasteiger partial charge in [0.05, 0.1) is 11.1 Å². The zero-order chi connectivity index (χ0) is 21.7. The zero-order valence-corrected chi connectivity index (χ0v) is 16.0. The molecule has 3 rings (SSSR count). The summed E-state index contributed by atoms with van der Waals surface area (Å²) in [5.41, 5.74) is -0.755. The van der Waals surface area contributed by atoms with Crippen LogP contribution in [0.5, 0.6) is 0 Å². The highest BCUT2D eigenvalue weighted by Crippen LogP contribution is 2.30. The van der Waals surface area contributed by atoms with Crippen molar-refractivity contribution in [2.45, 2.75) is 19.0 Å². The molecule has 30 heavy (non-hydrogen) atoms. The van der Waals surface area contributed by atoms with Crippen molar-refractivity contribution in [3.8, 4) is 0 Å². The number of nitrogens with zero attached hydrogens (tertiary/aromatic N) is 1. The molecule has 0 saturated carbocycles. The molecule has 0 unspecified atom stereocenters. The van der Waals surface area contributed by atoms with Gasteiger partial charge in [0.2, 0.25) is 0 Å². The molecule has 1 aliphatic heterocycles. The standard InChI is InChI=1S/C21H21F4N3O2/c22-18-7-2-1-6-17(18)19(29)28-10-8-14(9-11-28)13-26-20(30)27-16-5-3-4-15(12-16)21(23,24)25/h1-7,12,14H,8-11,13H2,(H2,26,27,30). The molecular weight excluding hydrogens is 402 g/mol. The average molecular weight is 423 g/mol. The van der Waals surface area contributed by atoms with E-state index in [2.05, 4.69) is 10.6 Å². The minimum Gasteiger partial charge on any atom is -0.339 e. The lowest BCUT2D eigenvalue weighted by molar-refractivity contribution is -0.137. The maximum atomic E-state index is 13.8. The average Bonchev–Trinajstić information content (AvgIpc) is 2.72. The van der Waals surface area contributed by atoms with Crippen LogP contribution in [0.1, 0.15) is 28.8 Å². The van der Waals surface area contributed by atoms with E-state index >= 15 is 0 Å². The molecule has 1 saturated heterocycles. The maximum absolute atomic E-state index is 13.8. The van der Waals surface area contributed by atoms with Crippen molar-refractivity contribution >= 4 is 17.6 Å². The van der Waals surface area contributed by atoms with Crippen LogP contribution in [-0.2, 0) is 6.18 Å². The van der Waals surface area contributed by atoms with Crippen LogP contribution in [0.2, 0.25) is 0 Å². The highest BCUT2D eigenvalue weighted by molar-refractivity contribution is 5.94. The van der Waals surface area contributed by atoms with Crippen LogP contribution < -0.4 is 10.6 Å². The Hall–Kier alpha value is -3.10. The van der Waals surface area contributed by atoms with Crippen molar-refractivity contribution in [3.05, 3.63) is 65.5 Å². The second kappa shape index (κ2) is 9.15. The number of alkyl halides is 3. The predicted octanol–water partition coefficient (Wildman–Crippen LogP) is 4.52. The predicted molar refractivity (Wildman–Crippen MR) is 103 cm³/mol. The molecule has 1 aliphatic rings. The molecule has 2 aromatic rings. The Bertz CT molecular complexity index is 909. The van der Waals surface area contributed by atoms with E-state index in [1.54, 1.807) is 11.0 Å². The van der Waals surface area contributed by atoms with E-state index in [4.69, 9.17) is 0 Å². The number of halogens is 4. The van der Waals surface area contributed by atoms with Gasteiger partial charge in [-0.2, -0.15) is 13.2 Å². The molecule has 9 heteroatoms. The maximum Gasteiger partial charge on any atom is 0.416 e. The Balaban J connectivity index is 1.45. The number of nitrogens with one attached hydrogen (secondary N) is 2. The number of piperidine rings is 1. The number of rotatable bonds is 4. The van der Waals surface area contributed by atoms with Gasteiger partial charge in [0.25, 0.3) is 5.91 Å². The van der Waals surface area contributed by atoms with Crippen molar-refractivity contribution in [2.75, 3.05) is 25.0 Å². The molecule has 2 aromatic carbocycles. The molecule has 0 aromatic heterocycles. The first-order valence-electron chi connectivity index (χ1n) is 9.50. The van der Waals surface area contributed by atoms with Gasteiger partial charge in [-0.1, -0.05) is 18.2 Å². The summed E-state index contributed by atoms with van der Waals surface area (Å²) in [6.07, 6.45) is -3.23. The lowest BCUT2D eigenvalue weighted by Gasteiger charge is -2.32. The van der Waals surface area contributed by atoms with Crippen LogP contribution >= 0.6 is 0 Å². The zero-order valence-electron chi connectivity index (χ0n) is 16.0. The number of amides is 3. The van der Waals surface area contributed by atoms with Crippen LogP contribution in [0.25, 0.3) is 0 Å². The molecule has 1 fully saturated rings. The fourth-order valence-corrected chi connectivity index (χ4v) is 3.33. The van der Waals surface area contributed by atoms with E-state index in [1.165, 1.54) is 30.3 Å². The Morgan fingerprint density at radius 2 is 1.73 bits per heavy atom. The second-order valence-corrected chi connectivity index (χ2v) is 7.13. The fourth-order valence-electron chi connectivity index (χ4n) is 3.33. The third-order valence-corrected chi connectivity index (χ3v) is 5.01. The Labute approximate surface area is 171 Å². The molecule has 160 valence electrons. The second-order valence-electron chi connectivity index (χ2n) is 7.13. The molecule has 0 aliphatic carbocycles. The quantitative estimate of drug-likeness (QED) is 0.711. The Kier molecular flexibility index (Phi) is 6.59. The highest BCUT2D eigenvalue weighted by Gasteiger charge is 2.30. The van der Waals surface area contributed by atoms with Gasteiger partial charge >= 0.3 is 12.2 Å². The first-order chi connectivity index (χ1) is 14.2. The normalized spacial score (nSPS) is 15.0. The van der Waals surface area contributed by atoms with E-state index in [0.29, 0.717) is 32.5 Å². The number of likely N-dealkylation sites (tertiary alicyclic amines) is 1. The molecule has 1 heterocycles. The number of anilines is 1. The van der Waals surface area contributed by atoms with E-state index in [-0.39, 0.29) is 23.1 Å². The third-order valence-electron chi connectivity index (χ3n) is 5.01. The van der Waals surface area contributed by atoms with Gasteiger partial charge in [0.15, 0.2) is 0 Å². The van der Waals surface area contributed by atoms with Gasteiger partial charge in [-0.15, -0.1) is 0 Å². The number of hydrogen-bond donors (Lipinski definition) is 2. The summed E-state index contributed by atoms with van der Waals surface area (Å²) in [5, 5.41) is 5.04. The van der Waals surface area contributed by atoms with Crippen LogP contribution in [0.15, 0.2) is 48.5 Å². The molecule has 3 amide bonds. The number of carbonyl (C=O) groups is 2. The van der Waals surface area contributed by atoms with E-state index < -0.39 is 23.6 Å². The van der Waals surface area contributed by atoms with Crippen LogP contribution in [0.4, 0.5) is 28.0 Å². The molecule has 0 bridgehead atoms. The largest absolute Gasteiger partial charge is 0.416 e. The summed E-state index contributed by atoms with van der Waals surface area (Å²) < 4.78 is 52.0. The van der Waals surface area contributed by atoms with Gasteiger partial charge in [0, 0.05) is 25.3 Å². The van der Waals surface area contributed by atoms with Gasteiger partial charge in [-0.05, 0) is 49.1 Å². The molecular formula is C21H21F4N3O2. The molecule has 0 atom stereocenters. The number of hydrogen-bond acceptors (Lipinski definition) is 2. The first kappa shape index (κ1) is 21.6. The van der Waals surface area contributed by atoms with Crippen molar-refractivity contribution < 1.29 is 27.2 Å². The summed E-state index contributed by atoms with van der Waals surface area (Å²) >= 11 is 0. The Morgan fingerprint density at radius 3 is 2.40 bits per heavy atom. The van der Waals surface area contributed by atoms with E-state index in [0.717, 1.165) is 12.1 Å². The van der Waals surface area contributed by atoms with Gasteiger partial charge in [-0.3, -0.25) is 4.79 Å². The van der Waals surface area contributed by atoms with E-state index in [9.17, 15) is 27.2 Å². The van der Waals surface area contributed by atoms with Crippen molar-refractivity contribution in [3.63, 3.8) is 0 Å². The minimum atomic E-state index is -4.48. The number of urea groups is 1. The molecule has 5 nitrogen and oxygen atoms in total. The van der Waals surface area contributed by atoms with Crippen molar-refractivity contribution in [1.29, 1.82) is 0 Å². The van der Waals surface area contributed by atoms with E-state index in [1.807, 2.05) is 0 Å². The highest BCUT2D eigenvalue weighted by atomic mass is 19.4. The van der Waals surface area contributed by atoms with Crippen molar-refractivity contribution in [2.24, 2.45) is 5.92 Å². The third kappa shape index (κ3) is 5.49. The Morgan fingerprint density at radius 1 is 1.03 bits per heavy atom. The molecule has 0 radical (unpaired) electrons. The first-order valence-corrected chi connectivity index (χ1v) is 9.50. The summed E-state index contributed by atoms with van der Waals surface area (Å²) in [6, 6.07) is 9.62. The molecule has 0 spiro atoms. The van der Waals surface area contributed by atoms with Gasteiger partial charge < -0.3 is 15.5 Å².